The molecule has 0 radical (unpaired) electrons. The third-order valence-corrected chi connectivity index (χ3v) is 3.42. The summed E-state index contributed by atoms with van der Waals surface area (Å²) in [7, 11) is 0. The highest BCUT2D eigenvalue weighted by atomic mass is 16.3. The summed E-state index contributed by atoms with van der Waals surface area (Å²) in [5.41, 5.74) is 4.09. The first kappa shape index (κ1) is 12.5. The van der Waals surface area contributed by atoms with Crippen LogP contribution >= 0.6 is 0 Å². The molecule has 1 heterocycles. The number of nitrogens with one attached hydrogen (secondary N) is 1. The maximum Gasteiger partial charge on any atom is 0.118 e. The lowest BCUT2D eigenvalue weighted by atomic mass is 10.1. The number of fused-ring (bicyclic) bond motifs is 1. The van der Waals surface area contributed by atoms with Crippen molar-refractivity contribution in [2.45, 2.75) is 13.5 Å². The van der Waals surface area contributed by atoms with E-state index in [1.54, 1.807) is 6.07 Å². The average molecular weight is 264 g/mol. The van der Waals surface area contributed by atoms with Gasteiger partial charge in [0.2, 0.25) is 0 Å². The van der Waals surface area contributed by atoms with E-state index in [1.165, 1.54) is 5.56 Å². The maximum atomic E-state index is 9.53. The second-order valence-corrected chi connectivity index (χ2v) is 4.84. The van der Waals surface area contributed by atoms with E-state index in [1.807, 2.05) is 49.5 Å². The average Bonchev–Trinajstić information content (AvgIpc) is 2.48. The van der Waals surface area contributed by atoms with Crippen molar-refractivity contribution >= 4 is 16.6 Å². The first-order valence-electron chi connectivity index (χ1n) is 6.60. The number of para-hydroxylation sites is 1. The highest BCUT2D eigenvalue weighted by Crippen LogP contribution is 2.22. The molecule has 3 rings (SSSR count). The van der Waals surface area contributed by atoms with Gasteiger partial charge in [-0.15, -0.1) is 0 Å². The largest absolute Gasteiger partial charge is 0.508 e. The van der Waals surface area contributed by atoms with E-state index in [4.69, 9.17) is 0 Å². The van der Waals surface area contributed by atoms with Crippen molar-refractivity contribution in [1.82, 2.24) is 4.98 Å². The SMILES string of the molecule is Cc1cc(NCc2ccnc3ccccc23)ccc1O. The molecule has 1 aromatic heterocycles. The number of hydrogen-bond donors (Lipinski definition) is 2. The standard InChI is InChI=1S/C17H16N2O/c1-12-10-14(6-7-17(12)20)19-11-13-8-9-18-16-5-3-2-4-15(13)16/h2-10,19-20H,11H2,1H3. The quantitative estimate of drug-likeness (QED) is 0.706. The number of aromatic hydroxyl groups is 1. The first-order valence-corrected chi connectivity index (χ1v) is 6.60. The third-order valence-electron chi connectivity index (χ3n) is 3.42. The molecule has 0 bridgehead atoms. The van der Waals surface area contributed by atoms with E-state index in [-0.39, 0.29) is 0 Å². The van der Waals surface area contributed by atoms with Crippen molar-refractivity contribution in [1.29, 1.82) is 0 Å². The topological polar surface area (TPSA) is 45.2 Å². The van der Waals surface area contributed by atoms with Crippen LogP contribution in [0.5, 0.6) is 5.75 Å². The van der Waals surface area contributed by atoms with Crippen molar-refractivity contribution in [2.75, 3.05) is 5.32 Å². The number of phenols is 1. The third kappa shape index (κ3) is 2.43. The molecule has 2 N–H and O–H groups in total. The molecule has 100 valence electrons. The van der Waals surface area contributed by atoms with Gasteiger partial charge in [-0.1, -0.05) is 18.2 Å². The van der Waals surface area contributed by atoms with Gasteiger partial charge in [-0.25, -0.2) is 0 Å². The number of benzene rings is 2. The Hall–Kier alpha value is -2.55. The predicted molar refractivity (Wildman–Crippen MR) is 81.9 cm³/mol. The van der Waals surface area contributed by atoms with Crippen LogP contribution in [0.1, 0.15) is 11.1 Å². The van der Waals surface area contributed by atoms with Gasteiger partial charge in [0.15, 0.2) is 0 Å². The Morgan fingerprint density at radius 1 is 1.10 bits per heavy atom. The van der Waals surface area contributed by atoms with Crippen molar-refractivity contribution in [3.8, 4) is 5.75 Å². The first-order chi connectivity index (χ1) is 9.74. The van der Waals surface area contributed by atoms with E-state index in [0.29, 0.717) is 5.75 Å². The monoisotopic (exact) mass is 264 g/mol. The molecule has 0 aliphatic rings. The van der Waals surface area contributed by atoms with Crippen LogP contribution in [0.2, 0.25) is 0 Å². The Morgan fingerprint density at radius 2 is 1.95 bits per heavy atom. The molecule has 20 heavy (non-hydrogen) atoms. The van der Waals surface area contributed by atoms with Gasteiger partial charge in [0.05, 0.1) is 5.52 Å². The number of aromatic nitrogens is 1. The highest BCUT2D eigenvalue weighted by Gasteiger charge is 2.02. The number of rotatable bonds is 3. The fourth-order valence-electron chi connectivity index (χ4n) is 2.27. The number of nitrogens with zero attached hydrogens (tertiary/aromatic N) is 1. The summed E-state index contributed by atoms with van der Waals surface area (Å²) in [6.45, 7) is 2.62. The summed E-state index contributed by atoms with van der Waals surface area (Å²) in [6.07, 6.45) is 1.83. The lowest BCUT2D eigenvalue weighted by molar-refractivity contribution is 0.471. The van der Waals surface area contributed by atoms with Gasteiger partial charge >= 0.3 is 0 Å². The Labute approximate surface area is 117 Å². The van der Waals surface area contributed by atoms with Crippen LogP contribution in [0.15, 0.2) is 54.7 Å². The Bertz CT molecular complexity index is 748. The minimum Gasteiger partial charge on any atom is -0.508 e. The molecule has 0 saturated carbocycles. The van der Waals surface area contributed by atoms with Gasteiger partial charge in [0, 0.05) is 23.8 Å². The molecule has 2 aromatic carbocycles. The van der Waals surface area contributed by atoms with Gasteiger partial charge in [0.1, 0.15) is 5.75 Å². The van der Waals surface area contributed by atoms with Crippen molar-refractivity contribution < 1.29 is 5.11 Å². The molecule has 3 heteroatoms. The van der Waals surface area contributed by atoms with E-state index in [9.17, 15) is 5.11 Å². The molecule has 0 amide bonds. The van der Waals surface area contributed by atoms with Crippen LogP contribution in [-0.4, -0.2) is 10.1 Å². The molecular formula is C17H16N2O. The van der Waals surface area contributed by atoms with Crippen LogP contribution in [0, 0.1) is 6.92 Å². The molecule has 3 aromatic rings. The molecule has 0 atom stereocenters. The molecular weight excluding hydrogens is 248 g/mol. The molecule has 0 saturated heterocycles. The minimum absolute atomic E-state index is 0.324. The normalized spacial score (nSPS) is 10.7. The highest BCUT2D eigenvalue weighted by molar-refractivity contribution is 5.82. The molecule has 0 fully saturated rings. The van der Waals surface area contributed by atoms with Crippen LogP contribution in [0.4, 0.5) is 5.69 Å². The number of hydrogen-bond acceptors (Lipinski definition) is 3. The van der Waals surface area contributed by atoms with E-state index in [0.717, 1.165) is 28.7 Å². The summed E-state index contributed by atoms with van der Waals surface area (Å²) >= 11 is 0. The van der Waals surface area contributed by atoms with Crippen LogP contribution in [-0.2, 0) is 6.54 Å². The number of anilines is 1. The smallest absolute Gasteiger partial charge is 0.118 e. The number of aryl methyl sites for hydroxylation is 1. The van der Waals surface area contributed by atoms with Gasteiger partial charge in [-0.2, -0.15) is 0 Å². The zero-order valence-electron chi connectivity index (χ0n) is 11.3. The van der Waals surface area contributed by atoms with Crippen molar-refractivity contribution in [3.05, 3.63) is 65.9 Å². The van der Waals surface area contributed by atoms with E-state index in [2.05, 4.69) is 16.4 Å². The Balaban J connectivity index is 1.85. The summed E-state index contributed by atoms with van der Waals surface area (Å²) in [6, 6.07) is 15.7. The molecule has 0 spiro atoms. The van der Waals surface area contributed by atoms with Crippen molar-refractivity contribution in [3.63, 3.8) is 0 Å². The fraction of sp³-hybridized carbons (Fsp3) is 0.118. The van der Waals surface area contributed by atoms with Crippen LogP contribution in [0.25, 0.3) is 10.9 Å². The predicted octanol–water partition coefficient (Wildman–Crippen LogP) is 3.86. The second kappa shape index (κ2) is 5.21. The zero-order valence-corrected chi connectivity index (χ0v) is 11.3. The minimum atomic E-state index is 0.324. The molecule has 0 aliphatic heterocycles. The summed E-state index contributed by atoms with van der Waals surface area (Å²) in [5.74, 6) is 0.324. The number of pyridine rings is 1. The second-order valence-electron chi connectivity index (χ2n) is 4.84. The van der Waals surface area contributed by atoms with Gasteiger partial charge in [-0.05, 0) is 48.4 Å². The van der Waals surface area contributed by atoms with Crippen LogP contribution < -0.4 is 5.32 Å². The molecule has 0 aliphatic carbocycles. The zero-order chi connectivity index (χ0) is 13.9. The summed E-state index contributed by atoms with van der Waals surface area (Å²) < 4.78 is 0. The van der Waals surface area contributed by atoms with E-state index >= 15 is 0 Å². The Morgan fingerprint density at radius 3 is 2.80 bits per heavy atom. The van der Waals surface area contributed by atoms with E-state index < -0.39 is 0 Å². The molecule has 0 unspecified atom stereocenters. The van der Waals surface area contributed by atoms with Gasteiger partial charge in [0.25, 0.3) is 0 Å². The fourth-order valence-corrected chi connectivity index (χ4v) is 2.27. The lowest BCUT2D eigenvalue weighted by Crippen LogP contribution is -2.00. The van der Waals surface area contributed by atoms with Gasteiger partial charge in [-0.3, -0.25) is 4.98 Å². The lowest BCUT2D eigenvalue weighted by Gasteiger charge is -2.10. The van der Waals surface area contributed by atoms with Gasteiger partial charge < -0.3 is 10.4 Å². The van der Waals surface area contributed by atoms with Crippen molar-refractivity contribution in [2.24, 2.45) is 0 Å². The summed E-state index contributed by atoms with van der Waals surface area (Å²) in [4.78, 5) is 4.36. The van der Waals surface area contributed by atoms with Crippen LogP contribution in [0.3, 0.4) is 0 Å². The Kier molecular flexibility index (Phi) is 3.25. The maximum absolute atomic E-state index is 9.53. The summed E-state index contributed by atoms with van der Waals surface area (Å²) in [5, 5.41) is 14.1. The molecule has 3 nitrogen and oxygen atoms in total. The number of phenolic OH excluding ortho intramolecular Hbond substituents is 1.